The van der Waals surface area contributed by atoms with Crippen LogP contribution in [-0.2, 0) is 38.0 Å². The van der Waals surface area contributed by atoms with E-state index in [2.05, 4.69) is 4.74 Å². The molecular formula is C22H23F11O8. The van der Waals surface area contributed by atoms with Crippen LogP contribution in [-0.4, -0.2) is 106 Å². The summed E-state index contributed by atoms with van der Waals surface area (Å²) in [5, 5.41) is 0. The molecule has 4 rings (SSSR count). The summed E-state index contributed by atoms with van der Waals surface area (Å²) in [7, 11) is 0. The highest BCUT2D eigenvalue weighted by Crippen LogP contribution is 2.63. The van der Waals surface area contributed by atoms with Crippen LogP contribution >= 0.6 is 0 Å². The standard InChI is InChI=1S/C22H23F11O8/c23-18(24,19(25,26)20(27,28)21(29,30)22(31,32)33)9-40-15(34)17-6-10-5-12(17)14(41-16(17)35)13(10)38-4-3-36-1-2-37-7-11-8-39-11/h10-14H,1-9H2. The molecule has 6 atom stereocenters. The van der Waals surface area contributed by atoms with Gasteiger partial charge in [0.25, 0.3) is 0 Å². The molecule has 236 valence electrons. The number of halogens is 11. The van der Waals surface area contributed by atoms with E-state index in [0.717, 1.165) is 0 Å². The van der Waals surface area contributed by atoms with E-state index in [1.807, 2.05) is 0 Å². The zero-order valence-corrected chi connectivity index (χ0v) is 20.7. The smallest absolute Gasteiger partial charge is 0.458 e. The molecule has 2 heterocycles. The van der Waals surface area contributed by atoms with Crippen molar-refractivity contribution in [2.24, 2.45) is 17.3 Å². The van der Waals surface area contributed by atoms with Crippen molar-refractivity contribution in [1.82, 2.24) is 0 Å². The Hall–Kier alpha value is -1.99. The van der Waals surface area contributed by atoms with E-state index in [9.17, 15) is 57.9 Å². The molecule has 0 amide bonds. The van der Waals surface area contributed by atoms with E-state index in [1.54, 1.807) is 0 Å². The van der Waals surface area contributed by atoms with Crippen LogP contribution in [0.25, 0.3) is 0 Å². The quantitative estimate of drug-likeness (QED) is 0.0901. The third-order valence-corrected chi connectivity index (χ3v) is 7.54. The van der Waals surface area contributed by atoms with Gasteiger partial charge in [-0.3, -0.25) is 9.59 Å². The fourth-order valence-corrected chi connectivity index (χ4v) is 5.32. The summed E-state index contributed by atoms with van der Waals surface area (Å²) in [6.45, 7) is -1.29. The molecule has 2 aliphatic carbocycles. The van der Waals surface area contributed by atoms with Gasteiger partial charge in [-0.1, -0.05) is 0 Å². The highest BCUT2D eigenvalue weighted by atomic mass is 19.4. The number of carbonyl (C=O) groups is 2. The minimum atomic E-state index is -7.64. The summed E-state index contributed by atoms with van der Waals surface area (Å²) >= 11 is 0. The lowest BCUT2D eigenvalue weighted by Crippen LogP contribution is -2.67. The Kier molecular flexibility index (Phi) is 8.27. The summed E-state index contributed by atoms with van der Waals surface area (Å²) in [5.74, 6) is -33.7. The summed E-state index contributed by atoms with van der Waals surface area (Å²) < 4.78 is 176. The molecule has 0 aromatic rings. The van der Waals surface area contributed by atoms with Gasteiger partial charge in [-0.05, 0) is 18.8 Å². The summed E-state index contributed by atoms with van der Waals surface area (Å²) in [6, 6.07) is 0. The largest absolute Gasteiger partial charge is 0.460 e. The maximum atomic E-state index is 14.0. The molecule has 4 aliphatic rings. The molecule has 6 unspecified atom stereocenters. The molecule has 0 aromatic heterocycles. The first-order valence-corrected chi connectivity index (χ1v) is 12.2. The van der Waals surface area contributed by atoms with Gasteiger partial charge in [0.15, 0.2) is 12.0 Å². The number of hydrogen-bond donors (Lipinski definition) is 0. The van der Waals surface area contributed by atoms with Gasteiger partial charge in [-0.25, -0.2) is 0 Å². The number of epoxide rings is 1. The molecular weight excluding hydrogens is 601 g/mol. The molecule has 41 heavy (non-hydrogen) atoms. The van der Waals surface area contributed by atoms with E-state index in [0.29, 0.717) is 19.8 Å². The van der Waals surface area contributed by atoms with Crippen molar-refractivity contribution in [2.45, 2.75) is 61.0 Å². The van der Waals surface area contributed by atoms with Crippen molar-refractivity contribution in [3.05, 3.63) is 0 Å². The van der Waals surface area contributed by atoms with Crippen molar-refractivity contribution < 1.29 is 86.3 Å². The van der Waals surface area contributed by atoms with E-state index >= 15 is 0 Å². The maximum absolute atomic E-state index is 14.0. The van der Waals surface area contributed by atoms with Crippen LogP contribution < -0.4 is 0 Å². The van der Waals surface area contributed by atoms with E-state index in [4.69, 9.17) is 23.7 Å². The first-order chi connectivity index (χ1) is 18.8. The van der Waals surface area contributed by atoms with Gasteiger partial charge < -0.3 is 28.4 Å². The number of ether oxygens (including phenoxy) is 6. The third-order valence-electron chi connectivity index (χ3n) is 7.54. The third kappa shape index (κ3) is 5.24. The Balaban J connectivity index is 1.31. The number of hydrogen-bond acceptors (Lipinski definition) is 8. The molecule has 2 bridgehead atoms. The van der Waals surface area contributed by atoms with Gasteiger partial charge in [0.2, 0.25) is 0 Å². The second kappa shape index (κ2) is 10.6. The summed E-state index contributed by atoms with van der Waals surface area (Å²) in [6.07, 6.45) is -9.41. The molecule has 0 aromatic carbocycles. The van der Waals surface area contributed by atoms with Crippen molar-refractivity contribution in [2.75, 3.05) is 46.2 Å². The summed E-state index contributed by atoms with van der Waals surface area (Å²) in [5.41, 5.74) is -2.29. The van der Waals surface area contributed by atoms with Crippen LogP contribution in [0.2, 0.25) is 0 Å². The van der Waals surface area contributed by atoms with Crippen LogP contribution in [0.4, 0.5) is 48.3 Å². The Morgan fingerprint density at radius 2 is 1.49 bits per heavy atom. The number of esters is 2. The zero-order valence-electron chi connectivity index (χ0n) is 20.7. The van der Waals surface area contributed by atoms with Gasteiger partial charge in [0.1, 0.15) is 12.2 Å². The first-order valence-electron chi connectivity index (χ1n) is 12.2. The zero-order chi connectivity index (χ0) is 30.6. The molecule has 2 saturated carbocycles. The second-order valence-electron chi connectivity index (χ2n) is 10.1. The van der Waals surface area contributed by atoms with Crippen molar-refractivity contribution in [3.63, 3.8) is 0 Å². The lowest BCUT2D eigenvalue weighted by molar-refractivity contribution is -0.424. The SMILES string of the molecule is O=C(OCC(F)(F)C(F)(F)C(F)(F)C(F)(F)C(F)(F)F)C12CC3CC1C(OC2=O)C3OCCOCCOCC1CO1. The predicted octanol–water partition coefficient (Wildman–Crippen LogP) is 3.40. The van der Waals surface area contributed by atoms with E-state index < -0.39 is 84.3 Å². The Labute approximate surface area is 223 Å². The minimum Gasteiger partial charge on any atom is -0.458 e. The Morgan fingerprint density at radius 1 is 0.878 bits per heavy atom. The van der Waals surface area contributed by atoms with Gasteiger partial charge in [0, 0.05) is 5.92 Å². The average Bonchev–Trinajstić information content (AvgIpc) is 3.46. The highest BCUT2D eigenvalue weighted by Gasteiger charge is 2.87. The number of rotatable bonds is 15. The predicted molar refractivity (Wildman–Crippen MR) is 106 cm³/mol. The van der Waals surface area contributed by atoms with Crippen molar-refractivity contribution in [1.29, 1.82) is 0 Å². The minimum absolute atomic E-state index is 0.0171. The van der Waals surface area contributed by atoms with Gasteiger partial charge in [0.05, 0.1) is 45.7 Å². The van der Waals surface area contributed by atoms with Crippen molar-refractivity contribution in [3.8, 4) is 0 Å². The molecule has 0 N–H and O–H groups in total. The summed E-state index contributed by atoms with van der Waals surface area (Å²) in [4.78, 5) is 25.2. The Morgan fingerprint density at radius 3 is 2.10 bits per heavy atom. The lowest BCUT2D eigenvalue weighted by atomic mass is 9.73. The molecule has 2 saturated heterocycles. The molecule has 0 spiro atoms. The van der Waals surface area contributed by atoms with Crippen molar-refractivity contribution >= 4 is 11.9 Å². The second-order valence-corrected chi connectivity index (χ2v) is 10.1. The highest BCUT2D eigenvalue weighted by molar-refractivity contribution is 6.03. The Bertz CT molecular complexity index is 1000. The van der Waals surface area contributed by atoms with Crippen LogP contribution in [0.1, 0.15) is 12.8 Å². The molecule has 4 fully saturated rings. The topological polar surface area (TPSA) is 92.8 Å². The van der Waals surface area contributed by atoms with Crippen LogP contribution in [0.15, 0.2) is 0 Å². The van der Waals surface area contributed by atoms with Crippen LogP contribution in [0, 0.1) is 17.3 Å². The maximum Gasteiger partial charge on any atom is 0.460 e. The lowest BCUT2D eigenvalue weighted by Gasteiger charge is -2.37. The van der Waals surface area contributed by atoms with E-state index in [-0.39, 0.29) is 32.3 Å². The van der Waals surface area contributed by atoms with Crippen LogP contribution in [0.3, 0.4) is 0 Å². The molecule has 2 aliphatic heterocycles. The van der Waals surface area contributed by atoms with Gasteiger partial charge >= 0.3 is 41.8 Å². The molecule has 19 heteroatoms. The normalized spacial score (nSPS) is 31.5. The van der Waals surface area contributed by atoms with Crippen LogP contribution in [0.5, 0.6) is 0 Å². The van der Waals surface area contributed by atoms with Gasteiger partial charge in [-0.15, -0.1) is 0 Å². The first kappa shape index (κ1) is 31.9. The fraction of sp³-hybridized carbons (Fsp3) is 0.909. The monoisotopic (exact) mass is 624 g/mol. The van der Waals surface area contributed by atoms with E-state index in [1.165, 1.54) is 0 Å². The van der Waals surface area contributed by atoms with Gasteiger partial charge in [-0.2, -0.15) is 48.3 Å². The fourth-order valence-electron chi connectivity index (χ4n) is 5.32. The number of fused-ring (bicyclic) bond motifs is 1. The number of alkyl halides is 11. The number of carbonyl (C=O) groups excluding carboxylic acids is 2. The molecule has 8 nitrogen and oxygen atoms in total. The average molecular weight is 624 g/mol. The molecule has 0 radical (unpaired) electrons.